The Hall–Kier alpha value is -1.78. The lowest BCUT2D eigenvalue weighted by atomic mass is 10.1. The third-order valence-corrected chi connectivity index (χ3v) is 3.60. The van der Waals surface area contributed by atoms with Crippen molar-refractivity contribution in [3.63, 3.8) is 0 Å². The molecule has 0 fully saturated rings. The molecule has 0 aliphatic carbocycles. The van der Waals surface area contributed by atoms with Crippen LogP contribution in [-0.4, -0.2) is 17.4 Å². The Bertz CT molecular complexity index is 669. The Kier molecular flexibility index (Phi) is 6.25. The first-order valence-electron chi connectivity index (χ1n) is 7.41. The fourth-order valence-corrected chi connectivity index (χ4v) is 2.52. The maximum atomic E-state index is 12.3. The second kappa shape index (κ2) is 8.18. The Labute approximate surface area is 146 Å². The van der Waals surface area contributed by atoms with Gasteiger partial charge in [-0.15, -0.1) is 0 Å². The molecule has 122 valence electrons. The topological polar surface area (TPSA) is 54.0 Å². The zero-order chi connectivity index (χ0) is 16.8. The third-order valence-electron chi connectivity index (χ3n) is 3.16. The summed E-state index contributed by atoms with van der Waals surface area (Å²) in [6, 6.07) is 8.44. The van der Waals surface area contributed by atoms with Crippen LogP contribution in [0, 0.1) is 5.92 Å². The van der Waals surface area contributed by atoms with Crippen LogP contribution in [0.2, 0.25) is 10.0 Å². The fraction of sp³-hybridized carbons (Fsp3) is 0.294. The molecule has 2 rings (SSSR count). The van der Waals surface area contributed by atoms with Crippen molar-refractivity contribution < 1.29 is 4.79 Å². The number of hydrogen-bond acceptors (Lipinski definition) is 3. The van der Waals surface area contributed by atoms with Gasteiger partial charge in [-0.05, 0) is 42.7 Å². The van der Waals surface area contributed by atoms with Crippen LogP contribution in [0.4, 0.5) is 11.4 Å². The quantitative estimate of drug-likeness (QED) is 0.761. The minimum absolute atomic E-state index is 0.309. The first kappa shape index (κ1) is 17.6. The van der Waals surface area contributed by atoms with Crippen molar-refractivity contribution in [1.82, 2.24) is 4.98 Å². The largest absolute Gasteiger partial charge is 0.385 e. The van der Waals surface area contributed by atoms with Gasteiger partial charge >= 0.3 is 0 Å². The molecule has 1 heterocycles. The maximum absolute atomic E-state index is 12.3. The predicted molar refractivity (Wildman–Crippen MR) is 96.6 cm³/mol. The first-order valence-corrected chi connectivity index (χ1v) is 8.17. The van der Waals surface area contributed by atoms with E-state index in [-0.39, 0.29) is 5.91 Å². The summed E-state index contributed by atoms with van der Waals surface area (Å²) in [7, 11) is 0. The van der Waals surface area contributed by atoms with Gasteiger partial charge in [-0.3, -0.25) is 9.78 Å². The van der Waals surface area contributed by atoms with Gasteiger partial charge in [-0.25, -0.2) is 0 Å². The highest BCUT2D eigenvalue weighted by atomic mass is 35.5. The summed E-state index contributed by atoms with van der Waals surface area (Å²) in [6.07, 6.45) is 2.67. The van der Waals surface area contributed by atoms with E-state index < -0.39 is 0 Å². The van der Waals surface area contributed by atoms with E-state index in [2.05, 4.69) is 29.5 Å². The van der Waals surface area contributed by atoms with Crippen LogP contribution in [0.15, 0.2) is 36.5 Å². The summed E-state index contributed by atoms with van der Waals surface area (Å²) >= 11 is 11.9. The summed E-state index contributed by atoms with van der Waals surface area (Å²) in [5.74, 6) is 0.315. The van der Waals surface area contributed by atoms with E-state index >= 15 is 0 Å². The molecular formula is C17H19Cl2N3O. The molecule has 0 aliphatic heterocycles. The van der Waals surface area contributed by atoms with E-state index in [9.17, 15) is 4.79 Å². The van der Waals surface area contributed by atoms with E-state index in [0.717, 1.165) is 18.7 Å². The normalized spacial score (nSPS) is 10.7. The van der Waals surface area contributed by atoms with Crippen molar-refractivity contribution in [2.24, 2.45) is 5.92 Å². The highest BCUT2D eigenvalue weighted by molar-refractivity contribution is 6.35. The zero-order valence-electron chi connectivity index (χ0n) is 13.1. The van der Waals surface area contributed by atoms with E-state index in [1.165, 1.54) is 0 Å². The van der Waals surface area contributed by atoms with Crippen LogP contribution in [0.5, 0.6) is 0 Å². The van der Waals surface area contributed by atoms with Gasteiger partial charge in [0.1, 0.15) is 5.69 Å². The first-order chi connectivity index (χ1) is 10.9. The molecule has 6 heteroatoms. The third kappa shape index (κ3) is 5.73. The van der Waals surface area contributed by atoms with Crippen molar-refractivity contribution in [2.75, 3.05) is 17.2 Å². The Morgan fingerprint density at radius 2 is 1.83 bits per heavy atom. The molecule has 0 unspecified atom stereocenters. The summed E-state index contributed by atoms with van der Waals surface area (Å²) < 4.78 is 0. The van der Waals surface area contributed by atoms with Crippen LogP contribution in [0.1, 0.15) is 30.8 Å². The number of nitrogens with zero attached hydrogens (tertiary/aromatic N) is 1. The fourth-order valence-electron chi connectivity index (χ4n) is 1.99. The number of hydrogen-bond donors (Lipinski definition) is 2. The molecular weight excluding hydrogens is 333 g/mol. The summed E-state index contributed by atoms with van der Waals surface area (Å²) in [6.45, 7) is 5.19. The van der Waals surface area contributed by atoms with E-state index in [4.69, 9.17) is 23.2 Å². The lowest BCUT2D eigenvalue weighted by Gasteiger charge is -2.10. The predicted octanol–water partition coefficient (Wildman–Crippen LogP) is 5.10. The number of amides is 1. The van der Waals surface area contributed by atoms with Gasteiger partial charge < -0.3 is 10.6 Å². The molecule has 2 N–H and O–H groups in total. The van der Waals surface area contributed by atoms with Gasteiger partial charge in [0.05, 0.1) is 0 Å². The standard InChI is InChI=1S/C17H19Cl2N3O/c1-11(2)3-5-20-14-4-6-21-16(10-14)17(23)22-15-8-12(18)7-13(19)9-15/h4,6-11H,3,5H2,1-2H3,(H,20,21)(H,22,23). The molecule has 0 saturated heterocycles. The highest BCUT2D eigenvalue weighted by Gasteiger charge is 2.09. The Morgan fingerprint density at radius 3 is 2.48 bits per heavy atom. The molecule has 0 saturated carbocycles. The SMILES string of the molecule is CC(C)CCNc1ccnc(C(=O)Nc2cc(Cl)cc(Cl)c2)c1. The number of benzene rings is 1. The Balaban J connectivity index is 2.04. The minimum atomic E-state index is -0.309. The molecule has 1 amide bonds. The van der Waals surface area contributed by atoms with Crippen molar-refractivity contribution in [3.05, 3.63) is 52.3 Å². The number of halogens is 2. The molecule has 0 aliphatic rings. The second-order valence-corrected chi connectivity index (χ2v) is 6.52. The molecule has 1 aromatic heterocycles. The molecule has 2 aromatic rings. The van der Waals surface area contributed by atoms with Crippen molar-refractivity contribution >= 4 is 40.5 Å². The summed E-state index contributed by atoms with van der Waals surface area (Å²) in [5.41, 5.74) is 1.73. The highest BCUT2D eigenvalue weighted by Crippen LogP contribution is 2.23. The van der Waals surface area contributed by atoms with Crippen molar-refractivity contribution in [2.45, 2.75) is 20.3 Å². The maximum Gasteiger partial charge on any atom is 0.274 e. The lowest BCUT2D eigenvalue weighted by molar-refractivity contribution is 0.102. The smallest absolute Gasteiger partial charge is 0.274 e. The van der Waals surface area contributed by atoms with Gasteiger partial charge in [-0.1, -0.05) is 37.0 Å². The van der Waals surface area contributed by atoms with Gasteiger partial charge in [0, 0.05) is 34.2 Å². The van der Waals surface area contributed by atoms with Gasteiger partial charge in [0.15, 0.2) is 0 Å². The number of aromatic nitrogens is 1. The molecule has 1 aromatic carbocycles. The monoisotopic (exact) mass is 351 g/mol. The Morgan fingerprint density at radius 1 is 1.13 bits per heavy atom. The van der Waals surface area contributed by atoms with E-state index in [1.54, 1.807) is 30.5 Å². The van der Waals surface area contributed by atoms with Crippen molar-refractivity contribution in [1.29, 1.82) is 0 Å². The van der Waals surface area contributed by atoms with Crippen LogP contribution >= 0.6 is 23.2 Å². The molecule has 0 atom stereocenters. The van der Waals surface area contributed by atoms with Crippen molar-refractivity contribution in [3.8, 4) is 0 Å². The number of carbonyl (C=O) groups is 1. The van der Waals surface area contributed by atoms with Crippen LogP contribution in [0.3, 0.4) is 0 Å². The van der Waals surface area contributed by atoms with Gasteiger partial charge in [0.2, 0.25) is 0 Å². The number of carbonyl (C=O) groups excluding carboxylic acids is 1. The number of nitrogens with one attached hydrogen (secondary N) is 2. The van der Waals surface area contributed by atoms with E-state index in [1.807, 2.05) is 6.07 Å². The average molecular weight is 352 g/mol. The lowest BCUT2D eigenvalue weighted by Crippen LogP contribution is -2.14. The molecule has 0 radical (unpaired) electrons. The second-order valence-electron chi connectivity index (χ2n) is 5.65. The number of rotatable bonds is 6. The molecule has 23 heavy (non-hydrogen) atoms. The molecule has 0 bridgehead atoms. The molecule has 4 nitrogen and oxygen atoms in total. The van der Waals surface area contributed by atoms with Crippen LogP contribution in [-0.2, 0) is 0 Å². The van der Waals surface area contributed by atoms with Crippen LogP contribution < -0.4 is 10.6 Å². The number of pyridine rings is 1. The van der Waals surface area contributed by atoms with E-state index in [0.29, 0.717) is 27.3 Å². The summed E-state index contributed by atoms with van der Waals surface area (Å²) in [4.78, 5) is 16.4. The minimum Gasteiger partial charge on any atom is -0.385 e. The zero-order valence-corrected chi connectivity index (χ0v) is 14.6. The number of anilines is 2. The van der Waals surface area contributed by atoms with Crippen LogP contribution in [0.25, 0.3) is 0 Å². The summed E-state index contributed by atoms with van der Waals surface area (Å²) in [5, 5.41) is 6.96. The van der Waals surface area contributed by atoms with Gasteiger partial charge in [0.25, 0.3) is 5.91 Å². The molecule has 0 spiro atoms. The average Bonchev–Trinajstić information content (AvgIpc) is 2.46. The van der Waals surface area contributed by atoms with Gasteiger partial charge in [-0.2, -0.15) is 0 Å².